The minimum atomic E-state index is -1.14. The van der Waals surface area contributed by atoms with E-state index in [1.54, 1.807) is 49.4 Å². The molecule has 9 heteroatoms. The van der Waals surface area contributed by atoms with E-state index in [0.29, 0.717) is 27.1 Å². The molecule has 0 fully saturated rings. The van der Waals surface area contributed by atoms with E-state index in [1.165, 1.54) is 10.8 Å². The predicted molar refractivity (Wildman–Crippen MR) is 131 cm³/mol. The molecule has 0 spiro atoms. The molecule has 0 unspecified atom stereocenters. The van der Waals surface area contributed by atoms with Crippen molar-refractivity contribution in [2.24, 2.45) is 0 Å². The molecule has 0 amide bonds. The topological polar surface area (TPSA) is 93.4 Å². The van der Waals surface area contributed by atoms with Crippen LogP contribution in [0.3, 0.4) is 0 Å². The average Bonchev–Trinajstić information content (AvgIpc) is 2.73. The van der Waals surface area contributed by atoms with Gasteiger partial charge in [0.1, 0.15) is 5.75 Å². The number of nitrogens with one attached hydrogen (secondary N) is 1. The first kappa shape index (κ1) is 24.4. The van der Waals surface area contributed by atoms with Crippen LogP contribution < -0.4 is 15.6 Å². The van der Waals surface area contributed by atoms with Crippen LogP contribution in [0.15, 0.2) is 59.5 Å². The number of anilines is 2. The van der Waals surface area contributed by atoms with Crippen molar-refractivity contribution in [2.45, 2.75) is 33.4 Å². The quantitative estimate of drug-likeness (QED) is 0.400. The van der Waals surface area contributed by atoms with Crippen LogP contribution in [0.1, 0.15) is 31.9 Å². The molecule has 1 heterocycles. The van der Waals surface area contributed by atoms with Gasteiger partial charge < -0.3 is 15.2 Å². The number of carboxylic acid groups (broad SMARTS) is 1. The Labute approximate surface area is 201 Å². The first-order valence-electron chi connectivity index (χ1n) is 10.1. The Morgan fingerprint density at radius 2 is 1.91 bits per heavy atom. The third kappa shape index (κ3) is 6.37. The largest absolute Gasteiger partial charge is 0.489 e. The van der Waals surface area contributed by atoms with Crippen LogP contribution in [-0.2, 0) is 11.3 Å². The van der Waals surface area contributed by atoms with E-state index in [4.69, 9.17) is 33.0 Å². The molecule has 0 saturated carbocycles. The summed E-state index contributed by atoms with van der Waals surface area (Å²) in [6.07, 6.45) is 2.31. The standard InChI is InChI=1S/C24H23Cl2N3O4/c1-14(2)33-21-9-8-18(11-20(21)26)28-24-27-12-19(15(3)10-22(30)31)23(32)29(24)13-16-4-6-17(25)7-5-16/h4-12,14H,13H2,1-3H3,(H,27,28)(H,30,31)/b15-10+. The number of rotatable bonds is 8. The zero-order valence-corrected chi connectivity index (χ0v) is 19.8. The van der Waals surface area contributed by atoms with Crippen LogP contribution in [0, 0.1) is 0 Å². The molecule has 0 aliphatic carbocycles. The number of carboxylic acids is 1. The van der Waals surface area contributed by atoms with E-state index < -0.39 is 5.97 Å². The predicted octanol–water partition coefficient (Wildman–Crippen LogP) is 5.62. The number of nitrogens with zero attached hydrogens (tertiary/aromatic N) is 2. The number of ether oxygens (including phenoxy) is 1. The molecule has 0 saturated heterocycles. The van der Waals surface area contributed by atoms with Gasteiger partial charge in [0.25, 0.3) is 5.56 Å². The van der Waals surface area contributed by atoms with Crippen LogP contribution in [0.2, 0.25) is 10.0 Å². The number of allylic oxidation sites excluding steroid dienone is 1. The molecule has 1 aromatic heterocycles. The van der Waals surface area contributed by atoms with Crippen molar-refractivity contribution in [3.8, 4) is 5.75 Å². The summed E-state index contributed by atoms with van der Waals surface area (Å²) in [7, 11) is 0. The lowest BCUT2D eigenvalue weighted by Crippen LogP contribution is -2.27. The third-order valence-electron chi connectivity index (χ3n) is 4.62. The molecule has 2 N–H and O–H groups in total. The zero-order chi connectivity index (χ0) is 24.1. The Bertz CT molecular complexity index is 1250. The minimum absolute atomic E-state index is 0.0258. The van der Waals surface area contributed by atoms with E-state index in [0.717, 1.165) is 11.6 Å². The molecule has 0 radical (unpaired) electrons. The van der Waals surface area contributed by atoms with E-state index in [-0.39, 0.29) is 29.7 Å². The molecule has 2 aromatic carbocycles. The molecule has 0 bridgehead atoms. The summed E-state index contributed by atoms with van der Waals surface area (Å²) in [5.74, 6) is -0.319. The number of carbonyl (C=O) groups is 1. The van der Waals surface area contributed by atoms with Gasteiger partial charge in [0, 0.05) is 23.0 Å². The zero-order valence-electron chi connectivity index (χ0n) is 18.3. The Kier molecular flexibility index (Phi) is 7.79. The van der Waals surface area contributed by atoms with Gasteiger partial charge >= 0.3 is 5.97 Å². The Morgan fingerprint density at radius 3 is 2.52 bits per heavy atom. The maximum absolute atomic E-state index is 13.3. The van der Waals surface area contributed by atoms with Crippen molar-refractivity contribution in [2.75, 3.05) is 5.32 Å². The Hall–Kier alpha value is -3.29. The van der Waals surface area contributed by atoms with E-state index in [2.05, 4.69) is 10.3 Å². The summed E-state index contributed by atoms with van der Waals surface area (Å²) < 4.78 is 7.09. The van der Waals surface area contributed by atoms with Crippen molar-refractivity contribution in [1.29, 1.82) is 0 Å². The number of benzene rings is 2. The Balaban J connectivity index is 2.03. The summed E-state index contributed by atoms with van der Waals surface area (Å²) in [5.41, 5.74) is 1.54. The Morgan fingerprint density at radius 1 is 1.21 bits per heavy atom. The van der Waals surface area contributed by atoms with E-state index in [1.807, 2.05) is 13.8 Å². The fourth-order valence-corrected chi connectivity index (χ4v) is 3.45. The van der Waals surface area contributed by atoms with Gasteiger partial charge in [-0.3, -0.25) is 9.36 Å². The van der Waals surface area contributed by atoms with Crippen molar-refractivity contribution < 1.29 is 14.6 Å². The van der Waals surface area contributed by atoms with Crippen LogP contribution in [0.5, 0.6) is 5.75 Å². The summed E-state index contributed by atoms with van der Waals surface area (Å²) >= 11 is 12.3. The second-order valence-corrected chi connectivity index (χ2v) is 8.46. The van der Waals surface area contributed by atoms with Gasteiger partial charge in [0.15, 0.2) is 0 Å². The molecule has 7 nitrogen and oxygen atoms in total. The van der Waals surface area contributed by atoms with Crippen molar-refractivity contribution in [3.05, 3.63) is 86.3 Å². The summed E-state index contributed by atoms with van der Waals surface area (Å²) in [6.45, 7) is 5.57. The van der Waals surface area contributed by atoms with E-state index >= 15 is 0 Å². The van der Waals surface area contributed by atoms with Gasteiger partial charge in [-0.05, 0) is 62.2 Å². The minimum Gasteiger partial charge on any atom is -0.489 e. The third-order valence-corrected chi connectivity index (χ3v) is 5.16. The van der Waals surface area contributed by atoms with Crippen molar-refractivity contribution in [1.82, 2.24) is 9.55 Å². The molecule has 0 aliphatic heterocycles. The maximum atomic E-state index is 13.3. The average molecular weight is 488 g/mol. The normalized spacial score (nSPS) is 11.5. The van der Waals surface area contributed by atoms with Crippen molar-refractivity contribution >= 4 is 46.4 Å². The molecule has 0 atom stereocenters. The van der Waals surface area contributed by atoms with Crippen LogP contribution in [-0.4, -0.2) is 26.7 Å². The smallest absolute Gasteiger partial charge is 0.328 e. The van der Waals surface area contributed by atoms with Gasteiger partial charge in [-0.1, -0.05) is 35.3 Å². The highest BCUT2D eigenvalue weighted by Crippen LogP contribution is 2.29. The van der Waals surface area contributed by atoms with Crippen LogP contribution >= 0.6 is 23.2 Å². The first-order chi connectivity index (χ1) is 15.6. The highest BCUT2D eigenvalue weighted by atomic mass is 35.5. The molecule has 33 heavy (non-hydrogen) atoms. The maximum Gasteiger partial charge on any atom is 0.328 e. The number of hydrogen-bond acceptors (Lipinski definition) is 5. The number of halogens is 2. The molecule has 3 rings (SSSR count). The molecule has 0 aliphatic rings. The van der Waals surface area contributed by atoms with Gasteiger partial charge in [0.05, 0.1) is 23.2 Å². The lowest BCUT2D eigenvalue weighted by Gasteiger charge is -2.17. The number of aliphatic carboxylic acids is 1. The van der Waals surface area contributed by atoms with Gasteiger partial charge in [-0.25, -0.2) is 9.78 Å². The number of aromatic nitrogens is 2. The molecular formula is C24H23Cl2N3O4. The molecular weight excluding hydrogens is 465 g/mol. The fraction of sp³-hybridized carbons (Fsp3) is 0.208. The number of hydrogen-bond donors (Lipinski definition) is 2. The van der Waals surface area contributed by atoms with Gasteiger partial charge in [-0.15, -0.1) is 0 Å². The SMILES string of the molecule is C/C(=C\C(=O)O)c1cnc(Nc2ccc(OC(C)C)c(Cl)c2)n(Cc2ccc(Cl)cc2)c1=O. The summed E-state index contributed by atoms with van der Waals surface area (Å²) in [4.78, 5) is 28.8. The van der Waals surface area contributed by atoms with Crippen LogP contribution in [0.4, 0.5) is 11.6 Å². The second-order valence-electron chi connectivity index (χ2n) is 7.62. The lowest BCUT2D eigenvalue weighted by molar-refractivity contribution is -0.131. The monoisotopic (exact) mass is 487 g/mol. The summed E-state index contributed by atoms with van der Waals surface area (Å²) in [5, 5.41) is 13.2. The first-order valence-corrected chi connectivity index (χ1v) is 10.9. The second kappa shape index (κ2) is 10.6. The lowest BCUT2D eigenvalue weighted by atomic mass is 10.1. The van der Waals surface area contributed by atoms with Gasteiger partial charge in [-0.2, -0.15) is 0 Å². The van der Waals surface area contributed by atoms with Crippen molar-refractivity contribution in [3.63, 3.8) is 0 Å². The molecule has 3 aromatic rings. The highest BCUT2D eigenvalue weighted by molar-refractivity contribution is 6.32. The van der Waals surface area contributed by atoms with Gasteiger partial charge in [0.2, 0.25) is 5.95 Å². The highest BCUT2D eigenvalue weighted by Gasteiger charge is 2.14. The fourth-order valence-electron chi connectivity index (χ4n) is 3.10. The van der Waals surface area contributed by atoms with E-state index in [9.17, 15) is 9.59 Å². The molecule has 172 valence electrons. The summed E-state index contributed by atoms with van der Waals surface area (Å²) in [6, 6.07) is 12.3. The van der Waals surface area contributed by atoms with Crippen LogP contribution in [0.25, 0.3) is 5.57 Å².